The molecule has 2 aromatic carbocycles. The smallest absolute Gasteiger partial charge is 0.410 e. The second-order valence-corrected chi connectivity index (χ2v) is 11.4. The molecule has 0 saturated heterocycles. The molecule has 0 saturated carbocycles. The van der Waals surface area contributed by atoms with Crippen molar-refractivity contribution in [3.8, 4) is 0 Å². The number of hydrogen-bond acceptors (Lipinski definition) is 10. The number of carbonyl (C=O) groups is 1. The first kappa shape index (κ1) is 29.6. The molecule has 3 aromatic rings. The largest absolute Gasteiger partial charge is 0.444 e. The van der Waals surface area contributed by atoms with E-state index in [2.05, 4.69) is 15.8 Å². The van der Waals surface area contributed by atoms with E-state index in [4.69, 9.17) is 19.3 Å². The molecule has 4 N–H and O–H groups in total. The van der Waals surface area contributed by atoms with Crippen LogP contribution in [0.15, 0.2) is 69.2 Å². The van der Waals surface area contributed by atoms with Crippen LogP contribution in [0.1, 0.15) is 49.5 Å². The Morgan fingerprint density at radius 2 is 1.87 bits per heavy atom. The maximum atomic E-state index is 12.8. The summed E-state index contributed by atoms with van der Waals surface area (Å²) < 4.78 is 33.3. The molecule has 39 heavy (non-hydrogen) atoms. The van der Waals surface area contributed by atoms with Gasteiger partial charge in [0.1, 0.15) is 11.7 Å². The molecule has 0 spiro atoms. The minimum atomic E-state index is -3.75. The Labute approximate surface area is 227 Å². The highest BCUT2D eigenvalue weighted by molar-refractivity contribution is 7.89. The average molecular weight is 560 g/mol. The lowest BCUT2D eigenvalue weighted by Gasteiger charge is -2.28. The number of nitrogens with two attached hydrogens (primary N) is 1. The fourth-order valence-electron chi connectivity index (χ4n) is 3.34. The van der Waals surface area contributed by atoms with Crippen LogP contribution in [0.2, 0.25) is 0 Å². The first-order valence-electron chi connectivity index (χ1n) is 12.1. The SMILES string of the molecule is Cc1cc(C(O)CN(CCc2ccc(NO/N=C/c3ccc(S(N)(=O)=O)cc3)cc2)C(=O)OC(C)(C)C)on1. The Hall–Kier alpha value is -3.94. The molecule has 210 valence electrons. The predicted molar refractivity (Wildman–Crippen MR) is 144 cm³/mol. The first-order chi connectivity index (χ1) is 18.3. The third-order valence-electron chi connectivity index (χ3n) is 5.27. The summed E-state index contributed by atoms with van der Waals surface area (Å²) in [4.78, 5) is 19.3. The van der Waals surface area contributed by atoms with E-state index in [1.54, 1.807) is 58.0 Å². The zero-order chi connectivity index (χ0) is 28.6. The van der Waals surface area contributed by atoms with Crippen molar-refractivity contribution >= 4 is 28.0 Å². The van der Waals surface area contributed by atoms with E-state index in [1.807, 2.05) is 12.1 Å². The molecule has 1 unspecified atom stereocenters. The van der Waals surface area contributed by atoms with E-state index in [1.165, 1.54) is 23.2 Å². The highest BCUT2D eigenvalue weighted by Crippen LogP contribution is 2.19. The fraction of sp³-hybridized carbons (Fsp3) is 0.346. The number of benzene rings is 2. The number of nitrogens with one attached hydrogen (secondary N) is 1. The summed E-state index contributed by atoms with van der Waals surface area (Å²) in [7, 11) is -3.75. The van der Waals surface area contributed by atoms with Gasteiger partial charge in [0.15, 0.2) is 5.76 Å². The van der Waals surface area contributed by atoms with Crippen LogP contribution >= 0.6 is 0 Å². The predicted octanol–water partition coefficient (Wildman–Crippen LogP) is 3.52. The first-order valence-corrected chi connectivity index (χ1v) is 13.6. The summed E-state index contributed by atoms with van der Waals surface area (Å²) in [5.41, 5.74) is 4.84. The highest BCUT2D eigenvalue weighted by Gasteiger charge is 2.26. The maximum absolute atomic E-state index is 12.8. The third-order valence-corrected chi connectivity index (χ3v) is 6.20. The molecule has 1 atom stereocenters. The monoisotopic (exact) mass is 559 g/mol. The van der Waals surface area contributed by atoms with E-state index in [0.717, 1.165) is 5.56 Å². The number of amides is 1. The van der Waals surface area contributed by atoms with Crippen molar-refractivity contribution in [2.24, 2.45) is 10.3 Å². The molecule has 0 aliphatic heterocycles. The van der Waals surface area contributed by atoms with E-state index >= 15 is 0 Å². The zero-order valence-electron chi connectivity index (χ0n) is 22.2. The van der Waals surface area contributed by atoms with Gasteiger partial charge in [0, 0.05) is 12.6 Å². The molecule has 12 nitrogen and oxygen atoms in total. The molecule has 1 amide bonds. The van der Waals surface area contributed by atoms with Crippen molar-refractivity contribution in [1.82, 2.24) is 10.1 Å². The average Bonchev–Trinajstić information content (AvgIpc) is 3.30. The van der Waals surface area contributed by atoms with E-state index in [9.17, 15) is 18.3 Å². The molecule has 1 heterocycles. The molecular weight excluding hydrogens is 526 g/mol. The van der Waals surface area contributed by atoms with Crippen LogP contribution in [0, 0.1) is 6.92 Å². The number of nitrogens with zero attached hydrogens (tertiary/aromatic N) is 3. The van der Waals surface area contributed by atoms with Gasteiger partial charge in [-0.15, -0.1) is 0 Å². The molecule has 0 bridgehead atoms. The Kier molecular flexibility index (Phi) is 9.67. The van der Waals surface area contributed by atoms with Gasteiger partial charge in [-0.05, 0) is 69.5 Å². The lowest BCUT2D eigenvalue weighted by molar-refractivity contribution is 0.0119. The van der Waals surface area contributed by atoms with E-state index in [0.29, 0.717) is 29.9 Å². The fourth-order valence-corrected chi connectivity index (χ4v) is 3.85. The zero-order valence-corrected chi connectivity index (χ0v) is 23.0. The number of oxime groups is 1. The van der Waals surface area contributed by atoms with Crippen LogP contribution in [0.5, 0.6) is 0 Å². The van der Waals surface area contributed by atoms with Crippen molar-refractivity contribution in [2.45, 2.75) is 50.7 Å². The molecule has 13 heteroatoms. The second kappa shape index (κ2) is 12.7. The Balaban J connectivity index is 1.54. The van der Waals surface area contributed by atoms with Crippen LogP contribution in [0.25, 0.3) is 0 Å². The molecule has 0 radical (unpaired) electrons. The van der Waals surface area contributed by atoms with Gasteiger partial charge < -0.3 is 19.3 Å². The molecule has 0 fully saturated rings. The summed E-state index contributed by atoms with van der Waals surface area (Å²) in [6.07, 6.45) is 0.333. The number of hydrogen-bond donors (Lipinski definition) is 3. The molecule has 0 aliphatic carbocycles. The Morgan fingerprint density at radius 3 is 2.44 bits per heavy atom. The summed E-state index contributed by atoms with van der Waals surface area (Å²) in [5, 5.41) is 23.2. The highest BCUT2D eigenvalue weighted by atomic mass is 32.2. The van der Waals surface area contributed by atoms with Gasteiger partial charge >= 0.3 is 6.09 Å². The number of primary sulfonamides is 1. The van der Waals surface area contributed by atoms with Crippen LogP contribution in [0.4, 0.5) is 10.5 Å². The van der Waals surface area contributed by atoms with Crippen LogP contribution in [-0.4, -0.2) is 54.6 Å². The number of anilines is 1. The molecule has 3 rings (SSSR count). The summed E-state index contributed by atoms with van der Waals surface area (Å²) >= 11 is 0. The molecular formula is C26H33N5O7S. The number of sulfonamides is 1. The summed E-state index contributed by atoms with van der Waals surface area (Å²) in [5.74, 6) is 0.277. The lowest BCUT2D eigenvalue weighted by atomic mass is 10.1. The second-order valence-electron chi connectivity index (χ2n) is 9.80. The number of aryl methyl sites for hydroxylation is 1. The van der Waals surface area contributed by atoms with Crippen molar-refractivity contribution in [1.29, 1.82) is 0 Å². The summed E-state index contributed by atoms with van der Waals surface area (Å²) in [6, 6.07) is 14.8. The van der Waals surface area contributed by atoms with Gasteiger partial charge in [0.2, 0.25) is 10.0 Å². The lowest BCUT2D eigenvalue weighted by Crippen LogP contribution is -2.40. The van der Waals surface area contributed by atoms with Gasteiger partial charge in [0.25, 0.3) is 0 Å². The standard InChI is InChI=1S/C26H33N5O7S/c1-18-15-24(37-29-18)23(32)17-31(25(33)36-26(2,3)4)14-13-19-5-9-21(10-6-19)30-38-28-16-20-7-11-22(12-8-20)39(27,34)35/h5-12,15-16,23,30,32H,13-14,17H2,1-4H3,(H2,27,34,35)/b28-16+. The maximum Gasteiger partial charge on any atom is 0.410 e. The van der Waals surface area contributed by atoms with Crippen molar-refractivity contribution < 1.29 is 32.5 Å². The number of aliphatic hydroxyl groups excluding tert-OH is 1. The van der Waals surface area contributed by atoms with Crippen LogP contribution < -0.4 is 10.6 Å². The van der Waals surface area contributed by atoms with Gasteiger partial charge in [-0.1, -0.05) is 34.6 Å². The van der Waals surface area contributed by atoms with Gasteiger partial charge in [-0.3, -0.25) is 4.94 Å². The Morgan fingerprint density at radius 1 is 1.21 bits per heavy atom. The van der Waals surface area contributed by atoms with Crippen molar-refractivity contribution in [2.75, 3.05) is 18.6 Å². The summed E-state index contributed by atoms with van der Waals surface area (Å²) in [6.45, 7) is 7.37. The number of ether oxygens (including phenoxy) is 1. The van der Waals surface area contributed by atoms with Gasteiger partial charge in [-0.25, -0.2) is 18.4 Å². The molecule has 0 aliphatic rings. The van der Waals surface area contributed by atoms with Gasteiger partial charge in [0.05, 0.1) is 29.0 Å². The van der Waals surface area contributed by atoms with Crippen LogP contribution in [-0.2, 0) is 26.1 Å². The minimum absolute atomic E-state index is 0.00841. The third kappa shape index (κ3) is 9.71. The quantitative estimate of drug-likeness (QED) is 0.235. The number of carbonyl (C=O) groups excluding carboxylic acids is 1. The van der Waals surface area contributed by atoms with Crippen molar-refractivity contribution in [3.05, 3.63) is 77.2 Å². The van der Waals surface area contributed by atoms with E-state index < -0.39 is 27.8 Å². The van der Waals surface area contributed by atoms with E-state index in [-0.39, 0.29) is 17.2 Å². The minimum Gasteiger partial charge on any atom is -0.444 e. The van der Waals surface area contributed by atoms with Crippen LogP contribution in [0.3, 0.4) is 0 Å². The van der Waals surface area contributed by atoms with Gasteiger partial charge in [-0.2, -0.15) is 5.48 Å². The number of aliphatic hydroxyl groups is 1. The normalized spacial score (nSPS) is 12.8. The number of rotatable bonds is 11. The number of aromatic nitrogens is 1. The molecule has 1 aromatic heterocycles. The Bertz CT molecular complexity index is 1360. The van der Waals surface area contributed by atoms with Crippen molar-refractivity contribution in [3.63, 3.8) is 0 Å². The topological polar surface area (TPSA) is 170 Å².